The number of aliphatic hydroxyl groups is 3. The molecular weight excluding hydrogens is 300 g/mol. The van der Waals surface area contributed by atoms with E-state index in [1.165, 1.54) is 0 Å². The number of hydrogen-bond donors (Lipinski definition) is 4. The summed E-state index contributed by atoms with van der Waals surface area (Å²) in [4.78, 5) is 37.2. The summed E-state index contributed by atoms with van der Waals surface area (Å²) in [6.45, 7) is 0.956. The summed E-state index contributed by atoms with van der Waals surface area (Å²) < 4.78 is 10.6. The highest BCUT2D eigenvalue weighted by atomic mass is 16.6. The van der Waals surface area contributed by atoms with Crippen molar-refractivity contribution in [2.45, 2.75) is 31.5 Å². The number of aliphatic hydroxyl groups excluding tert-OH is 3. The summed E-state index contributed by atoms with van der Waals surface area (Å²) in [5.41, 5.74) is -2.26. The number of ether oxygens (including phenoxy) is 2. The molecule has 10 heteroatoms. The number of hydrogen-bond acceptors (Lipinski definition) is 8. The Kier molecular flexibility index (Phi) is 4.76. The molecule has 22 heavy (non-hydrogen) atoms. The third kappa shape index (κ3) is 2.81. The van der Waals surface area contributed by atoms with Crippen molar-refractivity contribution >= 4 is 5.97 Å². The highest BCUT2D eigenvalue weighted by Gasteiger charge is 2.45. The van der Waals surface area contributed by atoms with E-state index in [2.05, 4.69) is 0 Å². The Labute approximate surface area is 123 Å². The van der Waals surface area contributed by atoms with E-state index in [1.807, 2.05) is 4.98 Å². The maximum absolute atomic E-state index is 12.0. The van der Waals surface area contributed by atoms with Crippen LogP contribution in [0.15, 0.2) is 15.7 Å². The van der Waals surface area contributed by atoms with Crippen molar-refractivity contribution < 1.29 is 29.6 Å². The Morgan fingerprint density at radius 2 is 2.09 bits per heavy atom. The summed E-state index contributed by atoms with van der Waals surface area (Å²) in [6.07, 6.45) is -5.61. The second-order valence-electron chi connectivity index (χ2n) is 4.64. The monoisotopic (exact) mass is 316 g/mol. The zero-order valence-corrected chi connectivity index (χ0v) is 11.6. The fourth-order valence-corrected chi connectivity index (χ4v) is 2.21. The van der Waals surface area contributed by atoms with Gasteiger partial charge in [0.15, 0.2) is 6.23 Å². The second kappa shape index (κ2) is 6.40. The molecule has 1 aromatic rings. The summed E-state index contributed by atoms with van der Waals surface area (Å²) in [7, 11) is 0. The van der Waals surface area contributed by atoms with Crippen LogP contribution in [0.4, 0.5) is 0 Å². The smallest absolute Gasteiger partial charge is 0.355 e. The molecule has 0 bridgehead atoms. The summed E-state index contributed by atoms with van der Waals surface area (Å²) in [5, 5.41) is 28.7. The van der Waals surface area contributed by atoms with Crippen molar-refractivity contribution in [3.05, 3.63) is 32.6 Å². The lowest BCUT2D eigenvalue weighted by molar-refractivity contribution is -0.0565. The lowest BCUT2D eigenvalue weighted by atomic mass is 10.1. The van der Waals surface area contributed by atoms with Crippen LogP contribution >= 0.6 is 0 Å². The van der Waals surface area contributed by atoms with Gasteiger partial charge in [0, 0.05) is 6.07 Å². The molecule has 4 atom stereocenters. The number of esters is 1. The van der Waals surface area contributed by atoms with Crippen molar-refractivity contribution in [1.29, 1.82) is 0 Å². The summed E-state index contributed by atoms with van der Waals surface area (Å²) in [6, 6.07) is 0.828. The summed E-state index contributed by atoms with van der Waals surface area (Å²) in [5.74, 6) is -0.955. The van der Waals surface area contributed by atoms with Crippen molar-refractivity contribution in [3.63, 3.8) is 0 Å². The fourth-order valence-electron chi connectivity index (χ4n) is 2.21. The first-order chi connectivity index (χ1) is 10.4. The van der Waals surface area contributed by atoms with Gasteiger partial charge in [0.25, 0.3) is 5.56 Å². The molecule has 0 amide bonds. The van der Waals surface area contributed by atoms with Crippen LogP contribution in [0.2, 0.25) is 0 Å². The zero-order chi connectivity index (χ0) is 16.4. The van der Waals surface area contributed by atoms with Gasteiger partial charge < -0.3 is 24.8 Å². The number of aromatic amines is 1. The first-order valence-corrected chi connectivity index (χ1v) is 6.56. The Morgan fingerprint density at radius 1 is 1.41 bits per heavy atom. The van der Waals surface area contributed by atoms with Crippen molar-refractivity contribution in [2.75, 3.05) is 13.2 Å². The molecule has 0 aliphatic carbocycles. The van der Waals surface area contributed by atoms with Gasteiger partial charge in [-0.25, -0.2) is 9.59 Å². The molecule has 2 heterocycles. The van der Waals surface area contributed by atoms with E-state index in [4.69, 9.17) is 14.6 Å². The maximum Gasteiger partial charge on any atom is 0.355 e. The quantitative estimate of drug-likeness (QED) is 0.439. The first kappa shape index (κ1) is 16.4. The van der Waals surface area contributed by atoms with Crippen molar-refractivity contribution in [3.8, 4) is 0 Å². The van der Waals surface area contributed by atoms with E-state index in [0.29, 0.717) is 4.57 Å². The first-order valence-electron chi connectivity index (χ1n) is 6.56. The van der Waals surface area contributed by atoms with Gasteiger partial charge in [-0.05, 0) is 6.92 Å². The van der Waals surface area contributed by atoms with Gasteiger partial charge in [-0.2, -0.15) is 0 Å². The van der Waals surface area contributed by atoms with Gasteiger partial charge in [0.2, 0.25) is 0 Å². The van der Waals surface area contributed by atoms with Gasteiger partial charge in [-0.1, -0.05) is 0 Å². The third-order valence-electron chi connectivity index (χ3n) is 3.23. The number of nitrogens with one attached hydrogen (secondary N) is 1. The predicted octanol–water partition coefficient (Wildman–Crippen LogP) is -2.68. The second-order valence-corrected chi connectivity index (χ2v) is 4.64. The lowest BCUT2D eigenvalue weighted by Crippen LogP contribution is -2.41. The summed E-state index contributed by atoms with van der Waals surface area (Å²) >= 11 is 0. The number of aromatic nitrogens is 2. The van der Waals surface area contributed by atoms with E-state index in [9.17, 15) is 24.6 Å². The maximum atomic E-state index is 12.0. The highest BCUT2D eigenvalue weighted by Crippen LogP contribution is 2.28. The highest BCUT2D eigenvalue weighted by molar-refractivity contribution is 5.87. The molecule has 1 fully saturated rings. The Hall–Kier alpha value is -2.01. The Balaban J connectivity index is 2.53. The Morgan fingerprint density at radius 3 is 2.64 bits per heavy atom. The van der Waals surface area contributed by atoms with Crippen molar-refractivity contribution in [2.24, 2.45) is 0 Å². The molecule has 0 aromatic carbocycles. The van der Waals surface area contributed by atoms with Crippen LogP contribution in [-0.2, 0) is 9.47 Å². The van der Waals surface area contributed by atoms with Gasteiger partial charge >= 0.3 is 11.7 Å². The van der Waals surface area contributed by atoms with Gasteiger partial charge in [-0.15, -0.1) is 0 Å². The number of nitrogens with zero attached hydrogens (tertiary/aromatic N) is 1. The largest absolute Gasteiger partial charge is 0.461 e. The SMILES string of the molecule is CCOC(=O)c1cc(=O)[nH]c(=O)n1[C@@H]1O[C@H](CO)[C@H](O)C1O. The molecule has 2 rings (SSSR count). The molecule has 1 aliphatic rings. The number of rotatable bonds is 4. The standard InChI is InChI=1S/C12H16N2O8/c1-2-21-11(19)5-3-7(16)13-12(20)14(5)10-9(18)8(17)6(4-15)22-10/h3,6,8-10,15,17-18H,2,4H2,1H3,(H,13,16,20)/t6-,8+,9?,10-/m1/s1. The van der Waals surface area contributed by atoms with Crippen LogP contribution in [-0.4, -0.2) is 62.4 Å². The third-order valence-corrected chi connectivity index (χ3v) is 3.23. The van der Waals surface area contributed by atoms with Gasteiger partial charge in [0.1, 0.15) is 24.0 Å². The average Bonchev–Trinajstić information content (AvgIpc) is 2.74. The van der Waals surface area contributed by atoms with Crippen molar-refractivity contribution in [1.82, 2.24) is 9.55 Å². The fraction of sp³-hybridized carbons (Fsp3) is 0.583. The van der Waals surface area contributed by atoms with E-state index >= 15 is 0 Å². The van der Waals surface area contributed by atoms with Gasteiger partial charge in [0.05, 0.1) is 13.2 Å². The molecule has 0 radical (unpaired) electrons. The average molecular weight is 316 g/mol. The zero-order valence-electron chi connectivity index (χ0n) is 11.6. The van der Waals surface area contributed by atoms with E-state index in [0.717, 1.165) is 6.07 Å². The topological polar surface area (TPSA) is 151 Å². The molecule has 0 spiro atoms. The van der Waals surface area contributed by atoms with Crippen LogP contribution in [0.3, 0.4) is 0 Å². The number of H-pyrrole nitrogens is 1. The van der Waals surface area contributed by atoms with Crippen LogP contribution in [0.5, 0.6) is 0 Å². The minimum absolute atomic E-state index is 0.00971. The molecular formula is C12H16N2O8. The van der Waals surface area contributed by atoms with Gasteiger partial charge in [-0.3, -0.25) is 14.3 Å². The normalized spacial score (nSPS) is 27.8. The van der Waals surface area contributed by atoms with Crippen LogP contribution in [0, 0.1) is 0 Å². The minimum atomic E-state index is -1.58. The minimum Gasteiger partial charge on any atom is -0.461 e. The Bertz CT molecular complexity index is 666. The van der Waals surface area contributed by atoms with Crippen LogP contribution in [0.1, 0.15) is 23.6 Å². The van der Waals surface area contributed by atoms with Crippen LogP contribution < -0.4 is 11.2 Å². The molecule has 4 N–H and O–H groups in total. The lowest BCUT2D eigenvalue weighted by Gasteiger charge is -2.19. The number of carbonyl (C=O) groups excluding carboxylic acids is 1. The molecule has 1 saturated heterocycles. The molecule has 1 aromatic heterocycles. The molecule has 0 saturated carbocycles. The van der Waals surface area contributed by atoms with E-state index in [-0.39, 0.29) is 6.61 Å². The molecule has 122 valence electrons. The predicted molar refractivity (Wildman–Crippen MR) is 70.3 cm³/mol. The van der Waals surface area contributed by atoms with E-state index < -0.39 is 54.1 Å². The molecule has 10 nitrogen and oxygen atoms in total. The molecule has 1 aliphatic heterocycles. The van der Waals surface area contributed by atoms with Crippen LogP contribution in [0.25, 0.3) is 0 Å². The molecule has 1 unspecified atom stereocenters. The van der Waals surface area contributed by atoms with E-state index in [1.54, 1.807) is 6.92 Å². The number of carbonyl (C=O) groups is 1.